The second-order valence-corrected chi connectivity index (χ2v) is 10.6. The van der Waals surface area contributed by atoms with Crippen molar-refractivity contribution in [3.05, 3.63) is 0 Å². The van der Waals surface area contributed by atoms with Gasteiger partial charge in [-0.05, 0) is 45.1 Å². The summed E-state index contributed by atoms with van der Waals surface area (Å²) in [7, 11) is 0. The molecule has 18 heteroatoms. The lowest BCUT2D eigenvalue weighted by Gasteiger charge is -2.26. The van der Waals surface area contributed by atoms with Gasteiger partial charge in [-0.3, -0.25) is 28.8 Å². The van der Waals surface area contributed by atoms with Crippen LogP contribution in [0.25, 0.3) is 0 Å². The third-order valence-electron chi connectivity index (χ3n) is 6.18. The van der Waals surface area contributed by atoms with Gasteiger partial charge in [-0.15, -0.1) is 0 Å². The van der Waals surface area contributed by atoms with Crippen LogP contribution < -0.4 is 38.1 Å². The fourth-order valence-corrected chi connectivity index (χ4v) is 3.76. The number of hydrogen-bond acceptors (Lipinski definition) is 11. The zero-order valence-corrected chi connectivity index (χ0v) is 25.4. The van der Waals surface area contributed by atoms with Crippen LogP contribution in [0, 0.1) is 5.92 Å². The van der Waals surface area contributed by atoms with Gasteiger partial charge in [-0.25, -0.2) is 4.79 Å². The number of carbonyl (C=O) groups is 7. The highest BCUT2D eigenvalue weighted by Gasteiger charge is 2.32. The van der Waals surface area contributed by atoms with Crippen molar-refractivity contribution in [2.45, 2.75) is 89.2 Å². The number of nitrogens with one attached hydrogen (secondary N) is 5. The molecule has 0 saturated heterocycles. The third-order valence-corrected chi connectivity index (χ3v) is 6.55. The van der Waals surface area contributed by atoms with Crippen LogP contribution in [0.4, 0.5) is 0 Å². The van der Waals surface area contributed by atoms with Gasteiger partial charge in [-0.2, -0.15) is 12.6 Å². The van der Waals surface area contributed by atoms with Gasteiger partial charge in [0.25, 0.3) is 0 Å². The van der Waals surface area contributed by atoms with E-state index in [-0.39, 0.29) is 18.1 Å². The lowest BCUT2D eigenvalue weighted by molar-refractivity contribution is -0.141. The SMILES string of the molecule is CC(C)C(N)C(=O)NC(C(=O)NC(CCC(=O)O)C(=O)NCC(=O)NC(CCCCN)C(=O)NC(CS)C(=O)O)C(C)O. The monoisotopic (exact) mass is 635 g/mol. The van der Waals surface area contributed by atoms with E-state index in [4.69, 9.17) is 21.7 Å². The average molecular weight is 636 g/mol. The molecule has 0 aromatic carbocycles. The summed E-state index contributed by atoms with van der Waals surface area (Å²) in [4.78, 5) is 85.7. The van der Waals surface area contributed by atoms with Gasteiger partial charge >= 0.3 is 11.9 Å². The Labute approximate surface area is 255 Å². The van der Waals surface area contributed by atoms with Crippen molar-refractivity contribution in [2.75, 3.05) is 18.8 Å². The fraction of sp³-hybridized carbons (Fsp3) is 0.720. The van der Waals surface area contributed by atoms with Gasteiger partial charge in [0.05, 0.1) is 18.7 Å². The summed E-state index contributed by atoms with van der Waals surface area (Å²) < 4.78 is 0. The van der Waals surface area contributed by atoms with Gasteiger partial charge in [0.15, 0.2) is 0 Å². The van der Waals surface area contributed by atoms with Gasteiger partial charge in [0.1, 0.15) is 24.2 Å². The molecule has 0 fully saturated rings. The number of amides is 5. The molecule has 6 atom stereocenters. The first kappa shape index (κ1) is 39.5. The van der Waals surface area contributed by atoms with Crippen molar-refractivity contribution in [2.24, 2.45) is 17.4 Å². The second kappa shape index (κ2) is 20.4. The minimum atomic E-state index is -1.53. The molecular formula is C25H45N7O10S. The first-order valence-corrected chi connectivity index (χ1v) is 14.4. The van der Waals surface area contributed by atoms with Crippen LogP contribution in [0.15, 0.2) is 0 Å². The van der Waals surface area contributed by atoms with Gasteiger partial charge < -0.3 is 53.4 Å². The zero-order valence-electron chi connectivity index (χ0n) is 24.5. The lowest BCUT2D eigenvalue weighted by Crippen LogP contribution is -2.60. The summed E-state index contributed by atoms with van der Waals surface area (Å²) in [6.45, 7) is 4.20. The molecule has 5 amide bonds. The Morgan fingerprint density at radius 1 is 0.767 bits per heavy atom. The van der Waals surface area contributed by atoms with Crippen molar-refractivity contribution in [3.8, 4) is 0 Å². The normalized spacial score (nSPS) is 15.2. The maximum atomic E-state index is 12.9. The molecule has 0 aliphatic heterocycles. The minimum Gasteiger partial charge on any atom is -0.481 e. The number of aliphatic hydroxyl groups excluding tert-OH is 1. The highest BCUT2D eigenvalue weighted by atomic mass is 32.1. The highest BCUT2D eigenvalue weighted by Crippen LogP contribution is 2.05. The largest absolute Gasteiger partial charge is 0.481 e. The Hall–Kier alpha value is -3.48. The average Bonchev–Trinajstić information content (AvgIpc) is 2.93. The van der Waals surface area contributed by atoms with E-state index in [0.29, 0.717) is 19.4 Å². The van der Waals surface area contributed by atoms with E-state index in [2.05, 4.69) is 39.2 Å². The molecule has 0 rings (SSSR count). The van der Waals surface area contributed by atoms with E-state index < -0.39 is 97.2 Å². The number of aliphatic hydroxyl groups is 1. The smallest absolute Gasteiger partial charge is 0.327 e. The summed E-state index contributed by atoms with van der Waals surface area (Å²) in [6, 6.07) is -6.47. The molecule has 0 bridgehead atoms. The molecular weight excluding hydrogens is 590 g/mol. The Kier molecular flexibility index (Phi) is 18.8. The van der Waals surface area contributed by atoms with Gasteiger partial charge in [0.2, 0.25) is 29.5 Å². The molecule has 0 spiro atoms. The molecule has 0 heterocycles. The van der Waals surface area contributed by atoms with Crippen LogP contribution in [0.1, 0.15) is 52.9 Å². The molecule has 0 aliphatic carbocycles. The van der Waals surface area contributed by atoms with Crippen molar-refractivity contribution >= 4 is 54.1 Å². The van der Waals surface area contributed by atoms with Crippen molar-refractivity contribution in [3.63, 3.8) is 0 Å². The Morgan fingerprint density at radius 3 is 1.84 bits per heavy atom. The van der Waals surface area contributed by atoms with E-state index in [9.17, 15) is 38.7 Å². The summed E-state index contributed by atoms with van der Waals surface area (Å²) >= 11 is 3.88. The maximum absolute atomic E-state index is 12.9. The molecule has 0 aliphatic rings. The van der Waals surface area contributed by atoms with E-state index >= 15 is 0 Å². The Morgan fingerprint density at radius 2 is 1.35 bits per heavy atom. The van der Waals surface area contributed by atoms with Crippen LogP contribution in [-0.4, -0.2) is 112 Å². The topological polar surface area (TPSA) is 292 Å². The molecule has 0 radical (unpaired) electrons. The van der Waals surface area contributed by atoms with E-state index in [1.54, 1.807) is 13.8 Å². The summed E-state index contributed by atoms with van der Waals surface area (Å²) in [5, 5.41) is 39.8. The van der Waals surface area contributed by atoms with Crippen LogP contribution in [0.3, 0.4) is 0 Å². The number of aliphatic carboxylic acids is 2. The van der Waals surface area contributed by atoms with Crippen molar-refractivity contribution < 1.29 is 48.9 Å². The van der Waals surface area contributed by atoms with E-state index in [0.717, 1.165) is 0 Å². The number of carbonyl (C=O) groups excluding carboxylic acids is 5. The maximum Gasteiger partial charge on any atom is 0.327 e. The molecule has 246 valence electrons. The van der Waals surface area contributed by atoms with Crippen LogP contribution >= 0.6 is 12.6 Å². The lowest BCUT2D eigenvalue weighted by atomic mass is 10.0. The molecule has 12 N–H and O–H groups in total. The second-order valence-electron chi connectivity index (χ2n) is 10.2. The summed E-state index contributed by atoms with van der Waals surface area (Å²) in [5.74, 6) is -7.38. The molecule has 6 unspecified atom stereocenters. The standard InChI is InChI=1S/C25H45N7O10S/c1-12(2)19(27)23(39)32-20(13(3)33)24(40)30-15(7-8-18(35)36)21(37)28-10-17(34)29-14(6-4-5-9-26)22(38)31-16(11-43)25(41)42/h12-16,19-20,33,43H,4-11,26-27H2,1-3H3,(H,28,37)(H,29,34)(H,30,40)(H,31,38)(H,32,39)(H,35,36)(H,41,42). The van der Waals surface area contributed by atoms with Crippen molar-refractivity contribution in [1.82, 2.24) is 26.6 Å². The number of nitrogens with two attached hydrogens (primary N) is 2. The predicted molar refractivity (Wildman–Crippen MR) is 156 cm³/mol. The molecule has 17 nitrogen and oxygen atoms in total. The van der Waals surface area contributed by atoms with Gasteiger partial charge in [-0.1, -0.05) is 13.8 Å². The number of rotatable bonds is 21. The number of hydrogen-bond donors (Lipinski definition) is 11. The number of carboxylic acids is 2. The van der Waals surface area contributed by atoms with E-state index in [1.165, 1.54) is 6.92 Å². The number of thiol groups is 1. The molecule has 0 aromatic heterocycles. The zero-order chi connectivity index (χ0) is 33.3. The first-order chi connectivity index (χ1) is 20.0. The van der Waals surface area contributed by atoms with Crippen LogP contribution in [0.5, 0.6) is 0 Å². The predicted octanol–water partition coefficient (Wildman–Crippen LogP) is -3.59. The Bertz CT molecular complexity index is 982. The van der Waals surface area contributed by atoms with Gasteiger partial charge in [0, 0.05) is 12.2 Å². The van der Waals surface area contributed by atoms with E-state index in [1.807, 2.05) is 0 Å². The summed E-state index contributed by atoms with van der Waals surface area (Å²) in [5.41, 5.74) is 11.3. The molecule has 43 heavy (non-hydrogen) atoms. The molecule has 0 aromatic rings. The number of unbranched alkanes of at least 4 members (excludes halogenated alkanes) is 1. The minimum absolute atomic E-state index is 0.117. The van der Waals surface area contributed by atoms with Crippen LogP contribution in [-0.2, 0) is 33.6 Å². The third kappa shape index (κ3) is 15.5. The first-order valence-electron chi connectivity index (χ1n) is 13.7. The quantitative estimate of drug-likeness (QED) is 0.0431. The Balaban J connectivity index is 5.53. The number of carboxylic acid groups (broad SMARTS) is 2. The molecule has 0 saturated carbocycles. The highest BCUT2D eigenvalue weighted by molar-refractivity contribution is 7.80. The van der Waals surface area contributed by atoms with Crippen LogP contribution in [0.2, 0.25) is 0 Å². The fourth-order valence-electron chi connectivity index (χ4n) is 3.51. The summed E-state index contributed by atoms with van der Waals surface area (Å²) in [6.07, 6.45) is -1.30. The van der Waals surface area contributed by atoms with Crippen molar-refractivity contribution in [1.29, 1.82) is 0 Å².